The van der Waals surface area contributed by atoms with Crippen molar-refractivity contribution in [2.24, 2.45) is 5.73 Å². The monoisotopic (exact) mass is 246 g/mol. The average molecular weight is 246 g/mol. The SMILES string of the molecule is CCC1C(=O)Nc2c1cc(CC(C)N)c(C)c2C. The van der Waals surface area contributed by atoms with Crippen LogP contribution in [0.1, 0.15) is 48.4 Å². The molecule has 0 saturated carbocycles. The Hall–Kier alpha value is -1.35. The van der Waals surface area contributed by atoms with Crippen molar-refractivity contribution in [2.45, 2.75) is 52.5 Å². The summed E-state index contributed by atoms with van der Waals surface area (Å²) >= 11 is 0. The zero-order valence-corrected chi connectivity index (χ0v) is 11.6. The topological polar surface area (TPSA) is 55.1 Å². The van der Waals surface area contributed by atoms with Crippen molar-refractivity contribution in [1.29, 1.82) is 0 Å². The Labute approximate surface area is 109 Å². The highest BCUT2D eigenvalue weighted by molar-refractivity contribution is 6.04. The van der Waals surface area contributed by atoms with E-state index in [0.717, 1.165) is 24.1 Å². The third-order valence-electron chi connectivity index (χ3n) is 3.93. The van der Waals surface area contributed by atoms with Gasteiger partial charge >= 0.3 is 0 Å². The molecule has 2 rings (SSSR count). The van der Waals surface area contributed by atoms with Crippen LogP contribution in [0.5, 0.6) is 0 Å². The van der Waals surface area contributed by atoms with E-state index in [4.69, 9.17) is 5.73 Å². The number of hydrogen-bond acceptors (Lipinski definition) is 2. The van der Waals surface area contributed by atoms with Crippen molar-refractivity contribution < 1.29 is 4.79 Å². The second kappa shape index (κ2) is 4.73. The summed E-state index contributed by atoms with van der Waals surface area (Å²) in [5.41, 5.74) is 11.8. The van der Waals surface area contributed by atoms with E-state index in [1.54, 1.807) is 0 Å². The van der Waals surface area contributed by atoms with E-state index in [-0.39, 0.29) is 17.9 Å². The van der Waals surface area contributed by atoms with Gasteiger partial charge in [-0.2, -0.15) is 0 Å². The molecule has 2 atom stereocenters. The summed E-state index contributed by atoms with van der Waals surface area (Å²) in [4.78, 5) is 11.9. The van der Waals surface area contributed by atoms with Crippen molar-refractivity contribution in [2.75, 3.05) is 5.32 Å². The highest BCUT2D eigenvalue weighted by atomic mass is 16.2. The maximum absolute atomic E-state index is 11.9. The molecule has 3 heteroatoms. The Morgan fingerprint density at radius 3 is 2.61 bits per heavy atom. The third-order valence-corrected chi connectivity index (χ3v) is 3.93. The van der Waals surface area contributed by atoms with Gasteiger partial charge in [0.15, 0.2) is 0 Å². The van der Waals surface area contributed by atoms with Gasteiger partial charge in [0.05, 0.1) is 5.92 Å². The predicted octanol–water partition coefficient (Wildman–Crippen LogP) is 2.64. The van der Waals surface area contributed by atoms with E-state index in [9.17, 15) is 4.79 Å². The first-order valence-electron chi connectivity index (χ1n) is 6.65. The minimum Gasteiger partial charge on any atom is -0.328 e. The fourth-order valence-corrected chi connectivity index (χ4v) is 2.77. The van der Waals surface area contributed by atoms with Gasteiger partial charge in [0, 0.05) is 11.7 Å². The molecule has 0 bridgehead atoms. The van der Waals surface area contributed by atoms with Crippen molar-refractivity contribution in [1.82, 2.24) is 0 Å². The Morgan fingerprint density at radius 2 is 2.06 bits per heavy atom. The van der Waals surface area contributed by atoms with E-state index < -0.39 is 0 Å². The molecule has 1 heterocycles. The first kappa shape index (κ1) is 13.1. The summed E-state index contributed by atoms with van der Waals surface area (Å²) in [5.74, 6) is 0.138. The fraction of sp³-hybridized carbons (Fsp3) is 0.533. The van der Waals surface area contributed by atoms with Crippen molar-refractivity contribution in [3.63, 3.8) is 0 Å². The first-order valence-corrected chi connectivity index (χ1v) is 6.65. The molecule has 1 aliphatic rings. The summed E-state index contributed by atoms with van der Waals surface area (Å²) in [6, 6.07) is 2.32. The van der Waals surface area contributed by atoms with Crippen LogP contribution in [0, 0.1) is 13.8 Å². The van der Waals surface area contributed by atoms with Gasteiger partial charge in [-0.3, -0.25) is 4.79 Å². The van der Waals surface area contributed by atoms with Crippen LogP contribution < -0.4 is 11.1 Å². The molecule has 0 radical (unpaired) electrons. The third kappa shape index (κ3) is 2.03. The molecular weight excluding hydrogens is 224 g/mol. The van der Waals surface area contributed by atoms with E-state index in [2.05, 4.69) is 32.2 Å². The molecule has 0 fully saturated rings. The normalized spacial score (nSPS) is 19.6. The fourth-order valence-electron chi connectivity index (χ4n) is 2.77. The van der Waals surface area contributed by atoms with Crippen LogP contribution in [0.2, 0.25) is 0 Å². The minimum absolute atomic E-state index is 0.00568. The van der Waals surface area contributed by atoms with Gasteiger partial charge in [0.2, 0.25) is 5.91 Å². The number of amides is 1. The van der Waals surface area contributed by atoms with Gasteiger partial charge < -0.3 is 11.1 Å². The van der Waals surface area contributed by atoms with Crippen molar-refractivity contribution in [3.8, 4) is 0 Å². The first-order chi connectivity index (χ1) is 8.45. The molecule has 0 spiro atoms. The Balaban J connectivity index is 2.53. The number of fused-ring (bicyclic) bond motifs is 1. The van der Waals surface area contributed by atoms with Crippen LogP contribution in [-0.2, 0) is 11.2 Å². The molecule has 3 nitrogen and oxygen atoms in total. The molecule has 18 heavy (non-hydrogen) atoms. The number of anilines is 1. The Morgan fingerprint density at radius 1 is 1.39 bits per heavy atom. The molecule has 1 aromatic carbocycles. The van der Waals surface area contributed by atoms with Gasteiger partial charge in [-0.1, -0.05) is 13.0 Å². The number of carbonyl (C=O) groups is 1. The molecule has 1 amide bonds. The Bertz CT molecular complexity index is 492. The zero-order valence-electron chi connectivity index (χ0n) is 11.6. The van der Waals surface area contributed by atoms with E-state index in [1.807, 2.05) is 6.92 Å². The van der Waals surface area contributed by atoms with Gasteiger partial charge in [0.25, 0.3) is 0 Å². The lowest BCUT2D eigenvalue weighted by Gasteiger charge is -2.16. The zero-order chi connectivity index (χ0) is 13.4. The number of nitrogens with two attached hydrogens (primary N) is 1. The lowest BCUT2D eigenvalue weighted by Crippen LogP contribution is -2.18. The number of rotatable bonds is 3. The smallest absolute Gasteiger partial charge is 0.232 e. The van der Waals surface area contributed by atoms with Crippen LogP contribution >= 0.6 is 0 Å². The molecule has 2 unspecified atom stereocenters. The standard InChI is InChI=1S/C15H22N2O/c1-5-12-13-7-11(6-8(2)16)9(3)10(4)14(13)17-15(12)18/h7-8,12H,5-6,16H2,1-4H3,(H,17,18). The quantitative estimate of drug-likeness (QED) is 0.861. The number of nitrogens with one attached hydrogen (secondary N) is 1. The largest absolute Gasteiger partial charge is 0.328 e. The average Bonchev–Trinajstić information content (AvgIpc) is 2.61. The van der Waals surface area contributed by atoms with Crippen LogP contribution in [0.15, 0.2) is 6.07 Å². The van der Waals surface area contributed by atoms with Gasteiger partial charge in [-0.05, 0) is 55.9 Å². The lowest BCUT2D eigenvalue weighted by atomic mass is 9.89. The van der Waals surface area contributed by atoms with E-state index in [0.29, 0.717) is 0 Å². The molecule has 0 aliphatic carbocycles. The molecule has 0 saturated heterocycles. The molecule has 1 aromatic rings. The van der Waals surface area contributed by atoms with Crippen LogP contribution in [0.3, 0.4) is 0 Å². The molecular formula is C15H22N2O. The molecule has 1 aliphatic heterocycles. The van der Waals surface area contributed by atoms with E-state index in [1.165, 1.54) is 16.7 Å². The van der Waals surface area contributed by atoms with Crippen molar-refractivity contribution in [3.05, 3.63) is 28.3 Å². The highest BCUT2D eigenvalue weighted by Gasteiger charge is 2.31. The molecule has 3 N–H and O–H groups in total. The summed E-state index contributed by atoms with van der Waals surface area (Å²) in [7, 11) is 0. The maximum Gasteiger partial charge on any atom is 0.232 e. The van der Waals surface area contributed by atoms with Gasteiger partial charge in [-0.15, -0.1) is 0 Å². The van der Waals surface area contributed by atoms with E-state index >= 15 is 0 Å². The second-order valence-corrected chi connectivity index (χ2v) is 5.38. The van der Waals surface area contributed by atoms with Gasteiger partial charge in [0.1, 0.15) is 0 Å². The lowest BCUT2D eigenvalue weighted by molar-refractivity contribution is -0.117. The van der Waals surface area contributed by atoms with Crippen molar-refractivity contribution >= 4 is 11.6 Å². The van der Waals surface area contributed by atoms with Gasteiger partial charge in [-0.25, -0.2) is 0 Å². The van der Waals surface area contributed by atoms with Crippen LogP contribution in [-0.4, -0.2) is 11.9 Å². The molecule has 98 valence electrons. The highest BCUT2D eigenvalue weighted by Crippen LogP contribution is 2.39. The minimum atomic E-state index is 0.00568. The summed E-state index contributed by atoms with van der Waals surface area (Å²) in [6.07, 6.45) is 1.71. The summed E-state index contributed by atoms with van der Waals surface area (Å²) < 4.78 is 0. The number of hydrogen-bond donors (Lipinski definition) is 2. The second-order valence-electron chi connectivity index (χ2n) is 5.38. The number of benzene rings is 1. The Kier molecular flexibility index (Phi) is 3.44. The summed E-state index contributed by atoms with van der Waals surface area (Å²) in [6.45, 7) is 8.26. The van der Waals surface area contributed by atoms with Crippen LogP contribution in [0.4, 0.5) is 5.69 Å². The van der Waals surface area contributed by atoms with Crippen LogP contribution in [0.25, 0.3) is 0 Å². The molecule has 0 aromatic heterocycles. The maximum atomic E-state index is 11.9. The number of carbonyl (C=O) groups excluding carboxylic acids is 1. The predicted molar refractivity (Wildman–Crippen MR) is 74.9 cm³/mol. The summed E-state index contributed by atoms with van der Waals surface area (Å²) in [5, 5.41) is 3.02.